The number of sulfonamides is 1. The van der Waals surface area contributed by atoms with Crippen molar-refractivity contribution < 1.29 is 13.2 Å². The molecule has 0 aromatic heterocycles. The van der Waals surface area contributed by atoms with E-state index in [0.29, 0.717) is 11.3 Å². The molecule has 134 valence electrons. The Balaban J connectivity index is 2.07. The van der Waals surface area contributed by atoms with Crippen LogP contribution < -0.4 is 10.0 Å². The maximum Gasteiger partial charge on any atom is 0.261 e. The summed E-state index contributed by atoms with van der Waals surface area (Å²) >= 11 is 0. The molecule has 1 amide bonds. The van der Waals surface area contributed by atoms with Gasteiger partial charge in [0.2, 0.25) is 0 Å². The van der Waals surface area contributed by atoms with Crippen LogP contribution in [0.2, 0.25) is 0 Å². The third-order valence-corrected chi connectivity index (χ3v) is 5.23. The first kappa shape index (κ1) is 19.0. The van der Waals surface area contributed by atoms with Crippen molar-refractivity contribution in [2.75, 3.05) is 4.72 Å². The molecule has 2 aromatic carbocycles. The largest absolute Gasteiger partial charge is 0.350 e. The van der Waals surface area contributed by atoms with Crippen LogP contribution in [0.15, 0.2) is 53.4 Å². The van der Waals surface area contributed by atoms with E-state index in [1.165, 1.54) is 0 Å². The predicted molar refractivity (Wildman–Crippen MR) is 100 cm³/mol. The van der Waals surface area contributed by atoms with Gasteiger partial charge in [-0.1, -0.05) is 31.0 Å². The van der Waals surface area contributed by atoms with Crippen molar-refractivity contribution in [2.24, 2.45) is 0 Å². The Morgan fingerprint density at radius 1 is 1.04 bits per heavy atom. The predicted octanol–water partition coefficient (Wildman–Crippen LogP) is 3.71. The van der Waals surface area contributed by atoms with Crippen LogP contribution in [0, 0.1) is 6.92 Å². The molecule has 2 aromatic rings. The Morgan fingerprint density at radius 2 is 1.64 bits per heavy atom. The molecule has 2 N–H and O–H groups in total. The van der Waals surface area contributed by atoms with E-state index in [9.17, 15) is 13.2 Å². The fourth-order valence-corrected chi connectivity index (χ4v) is 3.49. The molecule has 0 fully saturated rings. The van der Waals surface area contributed by atoms with Crippen LogP contribution in [0.3, 0.4) is 0 Å². The fourth-order valence-electron chi connectivity index (χ4n) is 2.43. The third-order valence-electron chi connectivity index (χ3n) is 3.83. The highest BCUT2D eigenvalue weighted by Crippen LogP contribution is 2.17. The molecule has 0 bridgehead atoms. The molecule has 0 aliphatic rings. The van der Waals surface area contributed by atoms with Gasteiger partial charge in [0.05, 0.1) is 4.90 Å². The van der Waals surface area contributed by atoms with Crippen LogP contribution in [0.25, 0.3) is 0 Å². The molecule has 0 radical (unpaired) electrons. The molecule has 0 heterocycles. The third kappa shape index (κ3) is 5.32. The van der Waals surface area contributed by atoms with E-state index in [-0.39, 0.29) is 16.8 Å². The van der Waals surface area contributed by atoms with Gasteiger partial charge in [-0.05, 0) is 56.7 Å². The van der Waals surface area contributed by atoms with Gasteiger partial charge < -0.3 is 5.32 Å². The second-order valence-electron chi connectivity index (χ2n) is 6.16. The van der Waals surface area contributed by atoms with Crippen LogP contribution in [0.1, 0.15) is 42.6 Å². The molecule has 0 aliphatic carbocycles. The minimum absolute atomic E-state index is 0.109. The van der Waals surface area contributed by atoms with Crippen LogP contribution in [0.5, 0.6) is 0 Å². The van der Waals surface area contributed by atoms with E-state index in [0.717, 1.165) is 18.4 Å². The molecule has 0 aliphatic heterocycles. The summed E-state index contributed by atoms with van der Waals surface area (Å²) in [5, 5.41) is 2.92. The van der Waals surface area contributed by atoms with Crippen molar-refractivity contribution in [2.45, 2.75) is 44.6 Å². The Kier molecular flexibility index (Phi) is 6.20. The second kappa shape index (κ2) is 8.16. The minimum Gasteiger partial charge on any atom is -0.350 e. The van der Waals surface area contributed by atoms with Gasteiger partial charge in [-0.25, -0.2) is 8.42 Å². The molecule has 0 saturated heterocycles. The monoisotopic (exact) mass is 360 g/mol. The van der Waals surface area contributed by atoms with Crippen molar-refractivity contribution in [3.8, 4) is 0 Å². The summed E-state index contributed by atoms with van der Waals surface area (Å²) in [5.41, 5.74) is 1.91. The number of carbonyl (C=O) groups excluding carboxylic acids is 1. The lowest BCUT2D eigenvalue weighted by molar-refractivity contribution is 0.0938. The van der Waals surface area contributed by atoms with Crippen LogP contribution >= 0.6 is 0 Å². The SMILES string of the molecule is CCC[C@@H](C)NC(=O)c1ccc(NS(=O)(=O)c2ccc(C)cc2)cc1. The van der Waals surface area contributed by atoms with E-state index >= 15 is 0 Å². The molecule has 0 unspecified atom stereocenters. The summed E-state index contributed by atoms with van der Waals surface area (Å²) in [6.45, 7) is 5.93. The zero-order chi connectivity index (χ0) is 18.4. The molecule has 6 heteroatoms. The van der Waals surface area contributed by atoms with Crippen LogP contribution in [-0.2, 0) is 10.0 Å². The van der Waals surface area contributed by atoms with Crippen molar-refractivity contribution in [1.29, 1.82) is 0 Å². The average molecular weight is 360 g/mol. The Labute approximate surface area is 149 Å². The summed E-state index contributed by atoms with van der Waals surface area (Å²) in [4.78, 5) is 12.3. The maximum atomic E-state index is 12.4. The first-order valence-electron chi connectivity index (χ1n) is 8.32. The number of nitrogens with one attached hydrogen (secondary N) is 2. The smallest absolute Gasteiger partial charge is 0.261 e. The molecule has 0 spiro atoms. The Morgan fingerprint density at radius 3 is 2.20 bits per heavy atom. The van der Waals surface area contributed by atoms with Gasteiger partial charge >= 0.3 is 0 Å². The van der Waals surface area contributed by atoms with Gasteiger partial charge in [-0.15, -0.1) is 0 Å². The number of benzene rings is 2. The Bertz CT molecular complexity index is 813. The summed E-state index contributed by atoms with van der Waals surface area (Å²) < 4.78 is 27.2. The zero-order valence-corrected chi connectivity index (χ0v) is 15.6. The normalized spacial score (nSPS) is 12.4. The van der Waals surface area contributed by atoms with E-state index in [2.05, 4.69) is 17.0 Å². The fraction of sp³-hybridized carbons (Fsp3) is 0.316. The number of anilines is 1. The first-order valence-corrected chi connectivity index (χ1v) is 9.80. The summed E-state index contributed by atoms with van der Waals surface area (Å²) in [6, 6.07) is 13.1. The molecule has 2 rings (SSSR count). The number of amides is 1. The average Bonchev–Trinajstić information content (AvgIpc) is 2.55. The summed E-state index contributed by atoms with van der Waals surface area (Å²) in [5.74, 6) is -0.158. The van der Waals surface area contributed by atoms with Crippen molar-refractivity contribution in [3.05, 3.63) is 59.7 Å². The van der Waals surface area contributed by atoms with Crippen molar-refractivity contribution in [3.63, 3.8) is 0 Å². The van der Waals surface area contributed by atoms with E-state index < -0.39 is 10.0 Å². The molecule has 25 heavy (non-hydrogen) atoms. The summed E-state index contributed by atoms with van der Waals surface area (Å²) in [7, 11) is -3.64. The van der Waals surface area contributed by atoms with E-state index in [1.54, 1.807) is 48.5 Å². The first-order chi connectivity index (χ1) is 11.8. The Hall–Kier alpha value is -2.34. The highest BCUT2D eigenvalue weighted by molar-refractivity contribution is 7.92. The van der Waals surface area contributed by atoms with Gasteiger partial charge in [-0.3, -0.25) is 9.52 Å². The lowest BCUT2D eigenvalue weighted by Crippen LogP contribution is -2.32. The minimum atomic E-state index is -3.64. The molecular formula is C19H24N2O3S. The zero-order valence-electron chi connectivity index (χ0n) is 14.7. The number of hydrogen-bond acceptors (Lipinski definition) is 3. The number of carbonyl (C=O) groups is 1. The number of hydrogen-bond donors (Lipinski definition) is 2. The lowest BCUT2D eigenvalue weighted by Gasteiger charge is -2.13. The number of aryl methyl sites for hydroxylation is 1. The highest BCUT2D eigenvalue weighted by Gasteiger charge is 2.14. The van der Waals surface area contributed by atoms with Gasteiger partial charge in [0.15, 0.2) is 0 Å². The van der Waals surface area contributed by atoms with Gasteiger partial charge in [-0.2, -0.15) is 0 Å². The molecular weight excluding hydrogens is 336 g/mol. The number of rotatable bonds is 7. The van der Waals surface area contributed by atoms with Gasteiger partial charge in [0.25, 0.3) is 15.9 Å². The lowest BCUT2D eigenvalue weighted by atomic mass is 10.1. The summed E-state index contributed by atoms with van der Waals surface area (Å²) in [6.07, 6.45) is 1.92. The van der Waals surface area contributed by atoms with Crippen LogP contribution in [-0.4, -0.2) is 20.4 Å². The van der Waals surface area contributed by atoms with Crippen LogP contribution in [0.4, 0.5) is 5.69 Å². The molecule has 1 atom stereocenters. The molecule has 0 saturated carbocycles. The topological polar surface area (TPSA) is 75.3 Å². The molecule has 5 nitrogen and oxygen atoms in total. The van der Waals surface area contributed by atoms with Crippen molar-refractivity contribution >= 4 is 21.6 Å². The second-order valence-corrected chi connectivity index (χ2v) is 7.84. The standard InChI is InChI=1S/C19H24N2O3S/c1-4-5-15(3)20-19(22)16-8-10-17(11-9-16)21-25(23,24)18-12-6-14(2)7-13-18/h6-13,15,21H,4-5H2,1-3H3,(H,20,22)/t15-/m1/s1. The maximum absolute atomic E-state index is 12.4. The van der Waals surface area contributed by atoms with E-state index in [4.69, 9.17) is 0 Å². The van der Waals surface area contributed by atoms with E-state index in [1.807, 2.05) is 13.8 Å². The quantitative estimate of drug-likeness (QED) is 0.790. The van der Waals surface area contributed by atoms with Gasteiger partial charge in [0.1, 0.15) is 0 Å². The van der Waals surface area contributed by atoms with Gasteiger partial charge in [0, 0.05) is 17.3 Å². The van der Waals surface area contributed by atoms with Crippen molar-refractivity contribution in [1.82, 2.24) is 5.32 Å². The highest BCUT2D eigenvalue weighted by atomic mass is 32.2.